The number of rotatable bonds is 15. The van der Waals surface area contributed by atoms with E-state index in [1.165, 1.54) is 36.4 Å². The van der Waals surface area contributed by atoms with E-state index in [4.69, 9.17) is 21.1 Å². The van der Waals surface area contributed by atoms with Gasteiger partial charge >= 0.3 is 0 Å². The smallest absolute Gasteiger partial charge is 0.294 e. The summed E-state index contributed by atoms with van der Waals surface area (Å²) >= 11 is 7.19. The molecule has 10 atom stereocenters. The number of amides is 2. The first-order valence-electron chi connectivity index (χ1n) is 23.5. The molecule has 73 heavy (non-hydrogen) atoms. The van der Waals surface area contributed by atoms with Crippen LogP contribution in [0, 0.1) is 0 Å². The standard InChI is InChI=1S/C48H61ClN4O18S2/c1-47(2)28-20-26(72(64,65)66)10-12-30(28)52(18-16-36(56)50-45-43(62)41(60)39(58)32(22-54)70-45)34(47)14-8-24-6-5-7-25(38(24)49)9-15-35-48(3,4)29-21-27(73(67,68)69)11-13-31(29)53(35)19-17-37(57)51-46-44(63)42(61)40(59)33(23-55)71-46/h8-15,20-21,32-33,39-46,54-55,58-63H,5-7,16-19,22-23H2,1-4H3,(H3-,50,51,56,57,64,65,66,67,68,69)/p+1/t32-,33+,39-,40+,41+,42-,43+,44-,45?,46?. The van der Waals surface area contributed by atoms with Gasteiger partial charge < -0.3 is 65.9 Å². The van der Waals surface area contributed by atoms with Crippen LogP contribution in [0.15, 0.2) is 92.4 Å². The van der Waals surface area contributed by atoms with Crippen LogP contribution < -0.4 is 15.5 Å². The lowest BCUT2D eigenvalue weighted by Gasteiger charge is -2.40. The zero-order valence-electron chi connectivity index (χ0n) is 40.2. The third-order valence-corrected chi connectivity index (χ3v) is 16.4. The lowest BCUT2D eigenvalue weighted by Crippen LogP contribution is -2.63. The summed E-state index contributed by atoms with van der Waals surface area (Å²) in [5.74, 6) is -1.25. The lowest BCUT2D eigenvalue weighted by molar-refractivity contribution is -0.436. The molecule has 25 heteroatoms. The van der Waals surface area contributed by atoms with Crippen molar-refractivity contribution < 1.29 is 90.4 Å². The summed E-state index contributed by atoms with van der Waals surface area (Å²) in [6.45, 7) is 5.98. The number of ether oxygens (including phenoxy) is 2. The maximum Gasteiger partial charge on any atom is 0.294 e. The van der Waals surface area contributed by atoms with E-state index in [-0.39, 0.29) is 35.7 Å². The van der Waals surface area contributed by atoms with Crippen molar-refractivity contribution in [1.29, 1.82) is 0 Å². The van der Waals surface area contributed by atoms with Crippen molar-refractivity contribution in [3.05, 3.63) is 93.7 Å². The summed E-state index contributed by atoms with van der Waals surface area (Å²) < 4.78 is 81.7. The summed E-state index contributed by atoms with van der Waals surface area (Å²) in [6.07, 6.45) is -6.96. The minimum atomic E-state index is -4.61. The lowest BCUT2D eigenvalue weighted by atomic mass is 9.81. The van der Waals surface area contributed by atoms with E-state index in [1.54, 1.807) is 9.48 Å². The van der Waals surface area contributed by atoms with Gasteiger partial charge in [0.05, 0.1) is 34.8 Å². The topological polar surface area (TPSA) is 353 Å². The number of nitrogens with one attached hydrogen (secondary N) is 2. The fraction of sp³-hybridized carbons (Fsp3) is 0.521. The van der Waals surface area contributed by atoms with E-state index < -0.39 is 117 Å². The first-order valence-corrected chi connectivity index (χ1v) is 26.7. The fourth-order valence-electron chi connectivity index (χ4n) is 10.0. The molecule has 2 amide bonds. The summed E-state index contributed by atoms with van der Waals surface area (Å²) in [5.41, 5.74) is 2.96. The van der Waals surface area contributed by atoms with E-state index in [2.05, 4.69) is 10.6 Å². The fourth-order valence-corrected chi connectivity index (χ4v) is 11.3. The van der Waals surface area contributed by atoms with Gasteiger partial charge in [-0.3, -0.25) is 18.7 Å². The number of allylic oxidation sites excluding steroid dienone is 8. The maximum atomic E-state index is 13.4. The van der Waals surface area contributed by atoms with Crippen LogP contribution in [0.1, 0.15) is 70.9 Å². The van der Waals surface area contributed by atoms with E-state index in [1.807, 2.05) is 52.0 Å². The van der Waals surface area contributed by atoms with Gasteiger partial charge in [0.2, 0.25) is 17.5 Å². The molecule has 2 saturated heterocycles. The Bertz CT molecular complexity index is 2880. The number of hydrogen-bond acceptors (Lipinski definition) is 17. The number of fused-ring (bicyclic) bond motifs is 2. The zero-order chi connectivity index (χ0) is 53.7. The SMILES string of the molecule is CC1(C)C(/C=C/C2=C(Cl)C(=C/C=C3/N(CCC(=O)NC4O[C@@H](CO)[C@H](O)[C@@H](O)[C@H]4O)c4ccc(S(=O)(=O)O)cc4C3(C)C)/CCC2)=[N+](CCC(=O)NC2O[C@H](CO)[C@@H](O)[C@H](O)[C@@H]2O)c2ccc(S(=O)(=O)O)cc21. The van der Waals surface area contributed by atoms with Crippen molar-refractivity contribution in [3.8, 4) is 0 Å². The van der Waals surface area contributed by atoms with Crippen molar-refractivity contribution in [2.75, 3.05) is 31.2 Å². The quantitative estimate of drug-likeness (QED) is 0.0826. The minimum absolute atomic E-state index is 0.00585. The number of anilines is 1. The molecule has 0 radical (unpaired) electrons. The molecule has 0 spiro atoms. The Labute approximate surface area is 426 Å². The van der Waals surface area contributed by atoms with Gasteiger partial charge in [0, 0.05) is 52.5 Å². The van der Waals surface area contributed by atoms with Gasteiger partial charge in [0.25, 0.3) is 20.2 Å². The van der Waals surface area contributed by atoms with Crippen LogP contribution in [0.3, 0.4) is 0 Å². The van der Waals surface area contributed by atoms with E-state index in [9.17, 15) is 76.4 Å². The Balaban J connectivity index is 1.18. The second kappa shape index (κ2) is 21.6. The summed E-state index contributed by atoms with van der Waals surface area (Å²) in [4.78, 5) is 27.9. The van der Waals surface area contributed by atoms with Gasteiger partial charge in [0.1, 0.15) is 48.8 Å². The number of carbonyl (C=O) groups is 2. The molecule has 0 saturated carbocycles. The van der Waals surface area contributed by atoms with Crippen LogP contribution in [-0.4, -0.2) is 176 Å². The molecule has 400 valence electrons. The highest BCUT2D eigenvalue weighted by Gasteiger charge is 2.48. The third-order valence-electron chi connectivity index (χ3n) is 14.2. The Morgan fingerprint density at radius 2 is 1.26 bits per heavy atom. The molecule has 2 unspecified atom stereocenters. The van der Waals surface area contributed by atoms with E-state index >= 15 is 0 Å². The van der Waals surface area contributed by atoms with Gasteiger partial charge in [-0.1, -0.05) is 37.6 Å². The van der Waals surface area contributed by atoms with Crippen molar-refractivity contribution in [2.45, 2.75) is 142 Å². The number of aliphatic hydroxyl groups excluding tert-OH is 8. The summed E-state index contributed by atoms with van der Waals surface area (Å²) in [5, 5.41) is 86.5. The second-order valence-electron chi connectivity index (χ2n) is 19.7. The molecule has 0 aromatic heterocycles. The number of halogens is 1. The molecule has 4 aliphatic heterocycles. The minimum Gasteiger partial charge on any atom is -0.394 e. The highest BCUT2D eigenvalue weighted by molar-refractivity contribution is 7.86. The number of benzene rings is 2. The number of hydrogen-bond donors (Lipinski definition) is 12. The van der Waals surface area contributed by atoms with Crippen LogP contribution in [0.4, 0.5) is 11.4 Å². The average molecular weight is 1080 g/mol. The molecule has 1 aliphatic carbocycles. The first-order chi connectivity index (χ1) is 34.1. The molecule has 7 rings (SSSR count). The highest BCUT2D eigenvalue weighted by atomic mass is 35.5. The van der Waals surface area contributed by atoms with Crippen molar-refractivity contribution in [2.24, 2.45) is 0 Å². The Morgan fingerprint density at radius 1 is 0.726 bits per heavy atom. The van der Waals surface area contributed by atoms with Crippen molar-refractivity contribution in [1.82, 2.24) is 10.6 Å². The van der Waals surface area contributed by atoms with Gasteiger partial charge in [-0.2, -0.15) is 21.4 Å². The molecule has 5 aliphatic rings. The molecule has 2 aromatic rings. The van der Waals surface area contributed by atoms with E-state index in [0.717, 1.165) is 11.1 Å². The third kappa shape index (κ3) is 11.4. The largest absolute Gasteiger partial charge is 0.394 e. The highest BCUT2D eigenvalue weighted by Crippen LogP contribution is 2.49. The van der Waals surface area contributed by atoms with Crippen LogP contribution in [0.25, 0.3) is 0 Å². The van der Waals surface area contributed by atoms with Crippen LogP contribution >= 0.6 is 11.6 Å². The molecule has 2 aromatic carbocycles. The Morgan fingerprint density at radius 3 is 1.81 bits per heavy atom. The molecule has 22 nitrogen and oxygen atoms in total. The van der Waals surface area contributed by atoms with Gasteiger partial charge in [-0.05, 0) is 86.2 Å². The van der Waals surface area contributed by atoms with Gasteiger partial charge in [0.15, 0.2) is 24.7 Å². The summed E-state index contributed by atoms with van der Waals surface area (Å²) in [7, 11) is -9.22. The maximum absolute atomic E-state index is 13.4. The number of nitrogens with zero attached hydrogens (tertiary/aromatic N) is 2. The summed E-state index contributed by atoms with van der Waals surface area (Å²) in [6, 6.07) is 8.22. The monoisotopic (exact) mass is 1080 g/mol. The molecular weight excluding hydrogens is 1020 g/mol. The van der Waals surface area contributed by atoms with Crippen LogP contribution in [0.5, 0.6) is 0 Å². The van der Waals surface area contributed by atoms with Crippen molar-refractivity contribution in [3.63, 3.8) is 0 Å². The zero-order valence-corrected chi connectivity index (χ0v) is 42.6. The molecule has 2 fully saturated rings. The van der Waals surface area contributed by atoms with Gasteiger partial charge in [-0.25, -0.2) is 0 Å². The second-order valence-corrected chi connectivity index (χ2v) is 22.9. The van der Waals surface area contributed by atoms with E-state index in [0.29, 0.717) is 58.2 Å². The number of aliphatic hydroxyl groups is 8. The average Bonchev–Trinajstić information content (AvgIpc) is 3.68. The predicted molar refractivity (Wildman–Crippen MR) is 261 cm³/mol. The Kier molecular flexibility index (Phi) is 16.7. The van der Waals surface area contributed by atoms with Gasteiger partial charge in [-0.15, -0.1) is 0 Å². The van der Waals surface area contributed by atoms with Crippen LogP contribution in [-0.2, 0) is 50.1 Å². The molecule has 12 N–H and O–H groups in total. The first kappa shape index (κ1) is 56.3. The number of carbonyl (C=O) groups excluding carboxylic acids is 2. The Hall–Kier alpha value is -4.48. The normalized spacial score (nSPS) is 30.3. The van der Waals surface area contributed by atoms with Crippen LogP contribution in [0.2, 0.25) is 0 Å². The van der Waals surface area contributed by atoms with Crippen molar-refractivity contribution >= 4 is 60.7 Å². The predicted octanol–water partition coefficient (Wildman–Crippen LogP) is 0.00970. The molecule has 0 bridgehead atoms. The molecule has 4 heterocycles. The molecular formula is C48H62ClN4O18S2+.